The van der Waals surface area contributed by atoms with Crippen LogP contribution in [0.2, 0.25) is 0 Å². The topological polar surface area (TPSA) is 116 Å². The van der Waals surface area contributed by atoms with Crippen molar-refractivity contribution in [2.45, 2.75) is 116 Å². The van der Waals surface area contributed by atoms with Crippen molar-refractivity contribution < 1.29 is 20.1 Å². The van der Waals surface area contributed by atoms with E-state index in [2.05, 4.69) is 26.1 Å². The Balaban J connectivity index is 1.38. The van der Waals surface area contributed by atoms with E-state index in [1.807, 2.05) is 0 Å². The number of amides is 1. The largest absolute Gasteiger partial charge is 0.393 e. The van der Waals surface area contributed by atoms with Gasteiger partial charge in [0.25, 0.3) is 0 Å². The number of unbranched alkanes of at least 4 members (excludes halogenated alkanes) is 2. The summed E-state index contributed by atoms with van der Waals surface area (Å²) in [4.78, 5) is 12.4. The molecular weight excluding hydrogens is 440 g/mol. The lowest BCUT2D eigenvalue weighted by Gasteiger charge is -2.63. The van der Waals surface area contributed by atoms with Crippen LogP contribution in [0.15, 0.2) is 0 Å². The minimum absolute atomic E-state index is 0.00296. The molecule has 35 heavy (non-hydrogen) atoms. The number of hydrogen-bond donors (Lipinski definition) is 5. The van der Waals surface area contributed by atoms with E-state index < -0.39 is 12.2 Å². The SMILES string of the molecule is C[C@@H](CCC(=O)NCCCCCN)[C@@H]1CC[C@@H]2[C@H]3[C@H](O)[C@H](O)[C@H]4C[C@@H](O)CC[C@@]4(C)[C@@H]3CC[C@]21C. The number of fused-ring (bicyclic) bond motifs is 5. The lowest BCUT2D eigenvalue weighted by molar-refractivity contribution is -0.223. The van der Waals surface area contributed by atoms with Gasteiger partial charge in [-0.25, -0.2) is 0 Å². The Kier molecular flexibility index (Phi) is 8.57. The number of nitrogens with two attached hydrogens (primary N) is 1. The second kappa shape index (κ2) is 11.0. The van der Waals surface area contributed by atoms with Crippen LogP contribution in [0.25, 0.3) is 0 Å². The first-order chi connectivity index (χ1) is 16.6. The summed E-state index contributed by atoms with van der Waals surface area (Å²) in [5, 5.41) is 36.0. The summed E-state index contributed by atoms with van der Waals surface area (Å²) in [5.74, 6) is 2.20. The van der Waals surface area contributed by atoms with Crippen LogP contribution in [-0.4, -0.2) is 52.6 Å². The summed E-state index contributed by atoms with van der Waals surface area (Å²) < 4.78 is 0. The number of nitrogens with one attached hydrogen (secondary N) is 1. The smallest absolute Gasteiger partial charge is 0.220 e. The van der Waals surface area contributed by atoms with Crippen molar-refractivity contribution in [3.8, 4) is 0 Å². The third-order valence-corrected chi connectivity index (χ3v) is 11.5. The van der Waals surface area contributed by atoms with E-state index in [4.69, 9.17) is 5.73 Å². The molecule has 0 spiro atoms. The molecule has 6 nitrogen and oxygen atoms in total. The Hall–Kier alpha value is -0.690. The zero-order valence-electron chi connectivity index (χ0n) is 22.4. The Morgan fingerprint density at radius 1 is 0.943 bits per heavy atom. The number of rotatable bonds is 9. The van der Waals surface area contributed by atoms with Crippen LogP contribution in [0.3, 0.4) is 0 Å². The van der Waals surface area contributed by atoms with E-state index in [1.54, 1.807) is 0 Å². The maximum absolute atomic E-state index is 12.4. The van der Waals surface area contributed by atoms with E-state index in [0.29, 0.717) is 43.1 Å². The van der Waals surface area contributed by atoms with Crippen molar-refractivity contribution in [1.82, 2.24) is 5.32 Å². The molecule has 4 saturated carbocycles. The Bertz CT molecular complexity index is 733. The molecular formula is C29H52N2O4. The van der Waals surface area contributed by atoms with E-state index in [0.717, 1.165) is 64.3 Å². The highest BCUT2D eigenvalue weighted by atomic mass is 16.3. The minimum Gasteiger partial charge on any atom is -0.393 e. The highest BCUT2D eigenvalue weighted by molar-refractivity contribution is 5.75. The fourth-order valence-corrected chi connectivity index (χ4v) is 9.54. The molecule has 0 aromatic carbocycles. The Labute approximate surface area is 212 Å². The minimum atomic E-state index is -0.733. The van der Waals surface area contributed by atoms with Crippen molar-refractivity contribution in [2.75, 3.05) is 13.1 Å². The summed E-state index contributed by atoms with van der Waals surface area (Å²) in [5.41, 5.74) is 5.71. The van der Waals surface area contributed by atoms with Crippen molar-refractivity contribution >= 4 is 5.91 Å². The molecule has 202 valence electrons. The van der Waals surface area contributed by atoms with Gasteiger partial charge in [0, 0.05) is 13.0 Å². The summed E-state index contributed by atoms with van der Waals surface area (Å²) in [6.45, 7) is 8.56. The monoisotopic (exact) mass is 492 g/mol. The molecule has 0 aromatic heterocycles. The first-order valence-electron chi connectivity index (χ1n) is 14.6. The van der Waals surface area contributed by atoms with Crippen LogP contribution in [0, 0.1) is 46.3 Å². The molecule has 1 amide bonds. The van der Waals surface area contributed by atoms with Gasteiger partial charge in [-0.05, 0) is 117 Å². The summed E-state index contributed by atoms with van der Waals surface area (Å²) >= 11 is 0. The van der Waals surface area contributed by atoms with Gasteiger partial charge in [0.2, 0.25) is 5.91 Å². The van der Waals surface area contributed by atoms with Gasteiger partial charge in [-0.2, -0.15) is 0 Å². The zero-order chi connectivity index (χ0) is 25.4. The van der Waals surface area contributed by atoms with Gasteiger partial charge >= 0.3 is 0 Å². The summed E-state index contributed by atoms with van der Waals surface area (Å²) in [6, 6.07) is 0. The lowest BCUT2D eigenvalue weighted by atomic mass is 9.43. The number of aliphatic hydroxyl groups is 3. The van der Waals surface area contributed by atoms with E-state index in [-0.39, 0.29) is 34.7 Å². The van der Waals surface area contributed by atoms with E-state index >= 15 is 0 Å². The van der Waals surface area contributed by atoms with Crippen molar-refractivity contribution in [3.63, 3.8) is 0 Å². The van der Waals surface area contributed by atoms with Crippen molar-refractivity contribution in [3.05, 3.63) is 0 Å². The second-order valence-electron chi connectivity index (χ2n) is 13.3. The first-order valence-corrected chi connectivity index (χ1v) is 14.6. The highest BCUT2D eigenvalue weighted by Gasteiger charge is 2.65. The molecule has 0 heterocycles. The average Bonchev–Trinajstić information content (AvgIpc) is 3.19. The van der Waals surface area contributed by atoms with E-state index in [9.17, 15) is 20.1 Å². The number of aliphatic hydroxyl groups excluding tert-OH is 3. The third-order valence-electron chi connectivity index (χ3n) is 11.5. The van der Waals surface area contributed by atoms with Crippen LogP contribution in [0.1, 0.15) is 97.8 Å². The van der Waals surface area contributed by atoms with Crippen LogP contribution < -0.4 is 11.1 Å². The van der Waals surface area contributed by atoms with Crippen LogP contribution in [-0.2, 0) is 4.79 Å². The van der Waals surface area contributed by atoms with Gasteiger partial charge in [-0.15, -0.1) is 0 Å². The van der Waals surface area contributed by atoms with Gasteiger partial charge in [0.05, 0.1) is 18.3 Å². The molecule has 0 aliphatic heterocycles. The van der Waals surface area contributed by atoms with Gasteiger partial charge in [0.1, 0.15) is 0 Å². The molecule has 0 saturated heterocycles. The zero-order valence-corrected chi connectivity index (χ0v) is 22.4. The van der Waals surface area contributed by atoms with Crippen molar-refractivity contribution in [1.29, 1.82) is 0 Å². The summed E-state index contributed by atoms with van der Waals surface area (Å²) in [7, 11) is 0. The second-order valence-corrected chi connectivity index (χ2v) is 13.3. The van der Waals surface area contributed by atoms with Crippen LogP contribution in [0.5, 0.6) is 0 Å². The molecule has 0 bridgehead atoms. The third kappa shape index (κ3) is 5.06. The first kappa shape index (κ1) is 27.3. The predicted molar refractivity (Wildman–Crippen MR) is 138 cm³/mol. The number of carbonyl (C=O) groups is 1. The molecule has 11 atom stereocenters. The summed E-state index contributed by atoms with van der Waals surface area (Å²) in [6.07, 6.45) is 9.77. The van der Waals surface area contributed by atoms with Gasteiger partial charge in [-0.1, -0.05) is 27.2 Å². The molecule has 4 aliphatic rings. The lowest BCUT2D eigenvalue weighted by Crippen LogP contribution is -2.64. The highest BCUT2D eigenvalue weighted by Crippen LogP contribution is 2.68. The van der Waals surface area contributed by atoms with Gasteiger partial charge in [0.15, 0.2) is 0 Å². The molecule has 6 N–H and O–H groups in total. The van der Waals surface area contributed by atoms with Crippen LogP contribution in [0.4, 0.5) is 0 Å². The van der Waals surface area contributed by atoms with E-state index in [1.165, 1.54) is 6.42 Å². The quantitative estimate of drug-likeness (QED) is 0.315. The maximum Gasteiger partial charge on any atom is 0.220 e. The fourth-order valence-electron chi connectivity index (χ4n) is 9.54. The standard InChI is InChI=1S/C29H52N2O4/c1-18(7-10-24(33)31-16-6-4-5-15-30)20-8-9-21-25-22(12-14-28(20,21)2)29(3)13-11-19(32)17-23(29)26(34)27(25)35/h18-23,25-27,32,34-35H,4-17,30H2,1-3H3,(H,31,33)/t18-,19-,20-,21+,22+,23+,25+,26+,27-,28-,29-/m0/s1. The average molecular weight is 493 g/mol. The molecule has 4 rings (SSSR count). The van der Waals surface area contributed by atoms with Gasteiger partial charge in [-0.3, -0.25) is 4.79 Å². The molecule has 4 fully saturated rings. The van der Waals surface area contributed by atoms with Crippen molar-refractivity contribution in [2.24, 2.45) is 52.1 Å². The molecule has 6 heteroatoms. The molecule has 0 aromatic rings. The molecule has 4 aliphatic carbocycles. The normalized spacial score (nSPS) is 45.8. The number of hydrogen-bond acceptors (Lipinski definition) is 5. The van der Waals surface area contributed by atoms with Gasteiger partial charge < -0.3 is 26.4 Å². The predicted octanol–water partition coefficient (Wildman–Crippen LogP) is 3.61. The Morgan fingerprint density at radius 3 is 2.40 bits per heavy atom. The van der Waals surface area contributed by atoms with Crippen LogP contribution >= 0.6 is 0 Å². The Morgan fingerprint density at radius 2 is 1.66 bits per heavy atom. The molecule has 0 radical (unpaired) electrons. The molecule has 0 unspecified atom stereocenters. The number of carbonyl (C=O) groups excluding carboxylic acids is 1. The maximum atomic E-state index is 12.4. The fraction of sp³-hybridized carbons (Fsp3) is 0.966.